The molecule has 0 aliphatic carbocycles. The third-order valence-electron chi connectivity index (χ3n) is 2.33. The van der Waals surface area contributed by atoms with Gasteiger partial charge in [0.2, 0.25) is 0 Å². The summed E-state index contributed by atoms with van der Waals surface area (Å²) in [6, 6.07) is 8.80. The SMILES string of the molecule is CCCCOC(=O)CS(=O)(=O)Cc1ccccc1. The molecule has 0 saturated heterocycles. The molecule has 0 N–H and O–H groups in total. The van der Waals surface area contributed by atoms with Crippen molar-refractivity contribution in [3.8, 4) is 0 Å². The fourth-order valence-electron chi connectivity index (χ4n) is 1.43. The highest BCUT2D eigenvalue weighted by Crippen LogP contribution is 2.06. The Balaban J connectivity index is 2.47. The van der Waals surface area contributed by atoms with Crippen molar-refractivity contribution in [3.63, 3.8) is 0 Å². The van der Waals surface area contributed by atoms with Gasteiger partial charge in [0.15, 0.2) is 9.84 Å². The molecule has 1 rings (SSSR count). The summed E-state index contributed by atoms with van der Waals surface area (Å²) < 4.78 is 28.3. The summed E-state index contributed by atoms with van der Waals surface area (Å²) in [6.45, 7) is 2.26. The molecule has 100 valence electrons. The lowest BCUT2D eigenvalue weighted by Gasteiger charge is -2.05. The van der Waals surface area contributed by atoms with E-state index in [1.54, 1.807) is 24.3 Å². The number of sulfone groups is 1. The number of carbonyl (C=O) groups is 1. The van der Waals surface area contributed by atoms with Crippen molar-refractivity contribution < 1.29 is 17.9 Å². The summed E-state index contributed by atoms with van der Waals surface area (Å²) in [7, 11) is -3.45. The predicted octanol–water partition coefficient (Wildman–Crippen LogP) is 1.94. The molecule has 4 nitrogen and oxygen atoms in total. The van der Waals surface area contributed by atoms with E-state index in [1.165, 1.54) is 0 Å². The van der Waals surface area contributed by atoms with Crippen LogP contribution >= 0.6 is 0 Å². The van der Waals surface area contributed by atoms with E-state index in [2.05, 4.69) is 0 Å². The topological polar surface area (TPSA) is 60.4 Å². The van der Waals surface area contributed by atoms with E-state index >= 15 is 0 Å². The van der Waals surface area contributed by atoms with Gasteiger partial charge in [0, 0.05) is 0 Å². The molecular formula is C13H18O4S. The van der Waals surface area contributed by atoms with Crippen LogP contribution in [0.5, 0.6) is 0 Å². The van der Waals surface area contributed by atoms with Crippen LogP contribution < -0.4 is 0 Å². The average molecular weight is 270 g/mol. The lowest BCUT2D eigenvalue weighted by Crippen LogP contribution is -2.20. The Kier molecular flexibility index (Phi) is 5.85. The van der Waals surface area contributed by atoms with Gasteiger partial charge in [-0.3, -0.25) is 4.79 Å². The lowest BCUT2D eigenvalue weighted by atomic mass is 10.2. The first-order valence-corrected chi connectivity index (χ1v) is 7.75. The van der Waals surface area contributed by atoms with Crippen molar-refractivity contribution in [1.82, 2.24) is 0 Å². The van der Waals surface area contributed by atoms with Gasteiger partial charge in [-0.25, -0.2) is 8.42 Å². The molecule has 0 amide bonds. The highest BCUT2D eigenvalue weighted by molar-refractivity contribution is 7.91. The zero-order valence-corrected chi connectivity index (χ0v) is 11.3. The van der Waals surface area contributed by atoms with Gasteiger partial charge < -0.3 is 4.74 Å². The minimum atomic E-state index is -3.45. The second kappa shape index (κ2) is 7.16. The summed E-state index contributed by atoms with van der Waals surface area (Å²) >= 11 is 0. The van der Waals surface area contributed by atoms with E-state index < -0.39 is 21.6 Å². The maximum atomic E-state index is 11.7. The summed E-state index contributed by atoms with van der Waals surface area (Å²) in [4.78, 5) is 11.3. The van der Waals surface area contributed by atoms with Crippen molar-refractivity contribution in [1.29, 1.82) is 0 Å². The maximum Gasteiger partial charge on any atom is 0.321 e. The van der Waals surface area contributed by atoms with Crippen molar-refractivity contribution >= 4 is 15.8 Å². The predicted molar refractivity (Wildman–Crippen MR) is 69.8 cm³/mol. The normalized spacial score (nSPS) is 11.2. The molecule has 0 unspecified atom stereocenters. The minimum absolute atomic E-state index is 0.128. The molecule has 0 aliphatic rings. The number of esters is 1. The van der Waals surface area contributed by atoms with E-state index in [0.29, 0.717) is 5.56 Å². The Bertz CT molecular complexity index is 465. The zero-order chi connectivity index (χ0) is 13.4. The van der Waals surface area contributed by atoms with Crippen LogP contribution in [0.25, 0.3) is 0 Å². The van der Waals surface area contributed by atoms with Gasteiger partial charge >= 0.3 is 5.97 Å². The van der Waals surface area contributed by atoms with Gasteiger partial charge in [-0.1, -0.05) is 43.7 Å². The molecular weight excluding hydrogens is 252 g/mol. The van der Waals surface area contributed by atoms with Crippen LogP contribution in [0.4, 0.5) is 0 Å². The summed E-state index contributed by atoms with van der Waals surface area (Å²) in [6.07, 6.45) is 1.66. The molecule has 0 spiro atoms. The first-order chi connectivity index (χ1) is 8.53. The van der Waals surface area contributed by atoms with Crippen molar-refractivity contribution in [2.45, 2.75) is 25.5 Å². The van der Waals surface area contributed by atoms with Crippen LogP contribution in [0.2, 0.25) is 0 Å². The smallest absolute Gasteiger partial charge is 0.321 e. The fourth-order valence-corrected chi connectivity index (χ4v) is 2.68. The van der Waals surface area contributed by atoms with E-state index in [1.807, 2.05) is 13.0 Å². The van der Waals surface area contributed by atoms with Gasteiger partial charge in [-0.15, -0.1) is 0 Å². The van der Waals surface area contributed by atoms with Gasteiger partial charge in [0.1, 0.15) is 5.75 Å². The number of benzene rings is 1. The van der Waals surface area contributed by atoms with Crippen LogP contribution in [0.3, 0.4) is 0 Å². The van der Waals surface area contributed by atoms with Gasteiger partial charge in [0.25, 0.3) is 0 Å². The molecule has 0 heterocycles. The van der Waals surface area contributed by atoms with Crippen LogP contribution in [-0.2, 0) is 25.1 Å². The van der Waals surface area contributed by atoms with Gasteiger partial charge in [-0.05, 0) is 12.0 Å². The van der Waals surface area contributed by atoms with E-state index in [-0.39, 0.29) is 12.4 Å². The Morgan fingerprint density at radius 3 is 2.50 bits per heavy atom. The highest BCUT2D eigenvalue weighted by atomic mass is 32.2. The monoisotopic (exact) mass is 270 g/mol. The first-order valence-electron chi connectivity index (χ1n) is 5.93. The standard InChI is InChI=1S/C13H18O4S/c1-2-3-9-17-13(14)11-18(15,16)10-12-7-5-4-6-8-12/h4-8H,2-3,9-11H2,1H3. The van der Waals surface area contributed by atoms with Crippen LogP contribution in [0.1, 0.15) is 25.3 Å². The molecule has 0 aromatic heterocycles. The molecule has 0 atom stereocenters. The fraction of sp³-hybridized carbons (Fsp3) is 0.462. The first kappa shape index (κ1) is 14.7. The number of hydrogen-bond acceptors (Lipinski definition) is 4. The second-order valence-electron chi connectivity index (χ2n) is 4.09. The number of ether oxygens (including phenoxy) is 1. The van der Waals surface area contributed by atoms with E-state index in [9.17, 15) is 13.2 Å². The van der Waals surface area contributed by atoms with E-state index in [0.717, 1.165) is 12.8 Å². The number of hydrogen-bond donors (Lipinski definition) is 0. The Labute approximate surface area is 108 Å². The zero-order valence-electron chi connectivity index (χ0n) is 10.5. The summed E-state index contributed by atoms with van der Waals surface area (Å²) in [5.74, 6) is -1.35. The summed E-state index contributed by atoms with van der Waals surface area (Å²) in [5, 5.41) is 0. The summed E-state index contributed by atoms with van der Waals surface area (Å²) in [5.41, 5.74) is 0.679. The Hall–Kier alpha value is -1.36. The number of unbranched alkanes of at least 4 members (excludes halogenated alkanes) is 1. The molecule has 5 heteroatoms. The molecule has 0 bridgehead atoms. The van der Waals surface area contributed by atoms with Crippen molar-refractivity contribution in [2.75, 3.05) is 12.4 Å². The molecule has 0 radical (unpaired) electrons. The molecule has 1 aromatic rings. The number of carbonyl (C=O) groups excluding carboxylic acids is 1. The molecule has 0 saturated carbocycles. The Morgan fingerprint density at radius 2 is 1.89 bits per heavy atom. The minimum Gasteiger partial charge on any atom is -0.465 e. The van der Waals surface area contributed by atoms with Crippen LogP contribution in [0, 0.1) is 0 Å². The quantitative estimate of drug-likeness (QED) is 0.561. The Morgan fingerprint density at radius 1 is 1.22 bits per heavy atom. The molecule has 0 aliphatic heterocycles. The second-order valence-corrected chi connectivity index (χ2v) is 6.16. The van der Waals surface area contributed by atoms with Crippen molar-refractivity contribution in [2.24, 2.45) is 0 Å². The third-order valence-corrected chi connectivity index (χ3v) is 3.78. The van der Waals surface area contributed by atoms with Gasteiger partial charge in [0.05, 0.1) is 12.4 Å². The van der Waals surface area contributed by atoms with Crippen LogP contribution in [-0.4, -0.2) is 26.7 Å². The molecule has 1 aromatic carbocycles. The largest absolute Gasteiger partial charge is 0.465 e. The van der Waals surface area contributed by atoms with Crippen molar-refractivity contribution in [3.05, 3.63) is 35.9 Å². The van der Waals surface area contributed by atoms with E-state index in [4.69, 9.17) is 4.74 Å². The van der Waals surface area contributed by atoms with Crippen LogP contribution in [0.15, 0.2) is 30.3 Å². The maximum absolute atomic E-state index is 11.7. The average Bonchev–Trinajstić information content (AvgIpc) is 2.29. The molecule has 18 heavy (non-hydrogen) atoms. The molecule has 0 fully saturated rings. The third kappa shape index (κ3) is 5.82. The van der Waals surface area contributed by atoms with Gasteiger partial charge in [-0.2, -0.15) is 0 Å². The highest BCUT2D eigenvalue weighted by Gasteiger charge is 2.18. The number of rotatable bonds is 7. The lowest BCUT2D eigenvalue weighted by molar-refractivity contribution is -0.140.